The van der Waals surface area contributed by atoms with E-state index in [4.69, 9.17) is 15.6 Å². The van der Waals surface area contributed by atoms with Gasteiger partial charge in [0.2, 0.25) is 0 Å². The van der Waals surface area contributed by atoms with Crippen LogP contribution in [0.1, 0.15) is 11.6 Å². The Morgan fingerprint density at radius 2 is 2.07 bits per heavy atom. The Balaban J connectivity index is 2.43. The van der Waals surface area contributed by atoms with Gasteiger partial charge < -0.3 is 15.6 Å². The first-order valence-corrected chi connectivity index (χ1v) is 4.40. The van der Waals surface area contributed by atoms with Crippen molar-refractivity contribution in [1.82, 2.24) is 0 Å². The summed E-state index contributed by atoms with van der Waals surface area (Å²) in [5, 5.41) is 8.32. The molecule has 0 bridgehead atoms. The summed E-state index contributed by atoms with van der Waals surface area (Å²) in [5.74, 6) is -1.38. The lowest BCUT2D eigenvalue weighted by Crippen LogP contribution is -2.19. The van der Waals surface area contributed by atoms with Gasteiger partial charge in [-0.2, -0.15) is 0 Å². The Kier molecular flexibility index (Phi) is 4.20. The highest BCUT2D eigenvalue weighted by Crippen LogP contribution is 2.11. The number of carbonyl (C=O) groups is 1. The van der Waals surface area contributed by atoms with Crippen LogP contribution < -0.4 is 5.73 Å². The molecule has 5 heteroatoms. The van der Waals surface area contributed by atoms with Gasteiger partial charge in [-0.25, -0.2) is 9.18 Å². The van der Waals surface area contributed by atoms with Crippen molar-refractivity contribution in [2.24, 2.45) is 5.73 Å². The molecule has 1 rings (SSSR count). The van der Waals surface area contributed by atoms with Crippen molar-refractivity contribution in [3.8, 4) is 0 Å². The molecule has 0 fully saturated rings. The standard InChI is InChI=1S/C10H12FNO3/c11-8-3-1-7(2-4-8)9(12)5-15-6-10(13)14/h1-4,9H,5-6,12H2,(H,13,14). The zero-order valence-electron chi connectivity index (χ0n) is 8.02. The Hall–Kier alpha value is -1.46. The molecule has 0 radical (unpaired) electrons. The molecule has 0 aliphatic heterocycles. The van der Waals surface area contributed by atoms with E-state index in [1.807, 2.05) is 0 Å². The molecule has 0 aliphatic carbocycles. The lowest BCUT2D eigenvalue weighted by atomic mass is 10.1. The predicted octanol–water partition coefficient (Wildman–Crippen LogP) is 0.927. The van der Waals surface area contributed by atoms with Crippen LogP contribution >= 0.6 is 0 Å². The van der Waals surface area contributed by atoms with Gasteiger partial charge in [-0.3, -0.25) is 0 Å². The van der Waals surface area contributed by atoms with Gasteiger partial charge in [0.15, 0.2) is 0 Å². The highest BCUT2D eigenvalue weighted by molar-refractivity contribution is 5.67. The summed E-state index contributed by atoms with van der Waals surface area (Å²) in [6.45, 7) is -0.285. The fourth-order valence-corrected chi connectivity index (χ4v) is 1.08. The van der Waals surface area contributed by atoms with E-state index in [9.17, 15) is 9.18 Å². The molecule has 0 aromatic heterocycles. The molecule has 0 saturated heterocycles. The zero-order chi connectivity index (χ0) is 11.3. The van der Waals surface area contributed by atoms with Crippen LogP contribution in [0.25, 0.3) is 0 Å². The Morgan fingerprint density at radius 1 is 1.47 bits per heavy atom. The molecule has 3 N–H and O–H groups in total. The monoisotopic (exact) mass is 213 g/mol. The fourth-order valence-electron chi connectivity index (χ4n) is 1.08. The average molecular weight is 213 g/mol. The second kappa shape index (κ2) is 5.43. The van der Waals surface area contributed by atoms with Crippen LogP contribution in [0, 0.1) is 5.82 Å². The fraction of sp³-hybridized carbons (Fsp3) is 0.300. The molecule has 0 saturated carbocycles. The van der Waals surface area contributed by atoms with E-state index >= 15 is 0 Å². The minimum absolute atomic E-state index is 0.0952. The van der Waals surface area contributed by atoms with Crippen LogP contribution in [0.4, 0.5) is 4.39 Å². The van der Waals surface area contributed by atoms with Crippen LogP contribution in [0.2, 0.25) is 0 Å². The van der Waals surface area contributed by atoms with Gasteiger partial charge in [-0.1, -0.05) is 12.1 Å². The summed E-state index contributed by atoms with van der Waals surface area (Å²) < 4.78 is 17.4. The molecule has 0 aliphatic rings. The van der Waals surface area contributed by atoms with Gasteiger partial charge in [-0.15, -0.1) is 0 Å². The van der Waals surface area contributed by atoms with E-state index in [0.29, 0.717) is 5.56 Å². The van der Waals surface area contributed by atoms with E-state index in [1.54, 1.807) is 12.1 Å². The molecule has 15 heavy (non-hydrogen) atoms. The van der Waals surface area contributed by atoms with Gasteiger partial charge in [-0.05, 0) is 17.7 Å². The van der Waals surface area contributed by atoms with E-state index in [0.717, 1.165) is 0 Å². The topological polar surface area (TPSA) is 72.5 Å². The number of halogens is 1. The van der Waals surface area contributed by atoms with Crippen molar-refractivity contribution < 1.29 is 19.0 Å². The lowest BCUT2D eigenvalue weighted by molar-refractivity contribution is -0.142. The van der Waals surface area contributed by atoms with Crippen LogP contribution in [-0.4, -0.2) is 24.3 Å². The number of benzene rings is 1. The minimum atomic E-state index is -1.04. The molecule has 4 nitrogen and oxygen atoms in total. The first kappa shape index (κ1) is 11.6. The molecule has 1 atom stereocenters. The van der Waals surface area contributed by atoms with Crippen LogP contribution in [0.5, 0.6) is 0 Å². The van der Waals surface area contributed by atoms with Gasteiger partial charge in [0.25, 0.3) is 0 Å². The van der Waals surface area contributed by atoms with Crippen molar-refractivity contribution in [3.05, 3.63) is 35.6 Å². The molecule has 1 unspecified atom stereocenters. The summed E-state index contributed by atoms with van der Waals surface area (Å²) in [6.07, 6.45) is 0. The van der Waals surface area contributed by atoms with Crippen molar-refractivity contribution in [1.29, 1.82) is 0 Å². The summed E-state index contributed by atoms with van der Waals surface area (Å²) in [7, 11) is 0. The number of ether oxygens (including phenoxy) is 1. The molecule has 1 aromatic rings. The first-order chi connectivity index (χ1) is 7.09. The largest absolute Gasteiger partial charge is 0.480 e. The maximum absolute atomic E-state index is 12.6. The van der Waals surface area contributed by atoms with Gasteiger partial charge >= 0.3 is 5.97 Å². The second-order valence-corrected chi connectivity index (χ2v) is 3.07. The molecule has 82 valence electrons. The predicted molar refractivity (Wildman–Crippen MR) is 51.8 cm³/mol. The number of hydrogen-bond acceptors (Lipinski definition) is 3. The highest BCUT2D eigenvalue weighted by Gasteiger charge is 2.07. The number of rotatable bonds is 5. The third-order valence-electron chi connectivity index (χ3n) is 1.82. The lowest BCUT2D eigenvalue weighted by Gasteiger charge is -2.11. The van der Waals surface area contributed by atoms with Crippen molar-refractivity contribution in [2.45, 2.75) is 6.04 Å². The van der Waals surface area contributed by atoms with Gasteiger partial charge in [0.1, 0.15) is 12.4 Å². The van der Waals surface area contributed by atoms with E-state index < -0.39 is 12.0 Å². The van der Waals surface area contributed by atoms with E-state index in [1.165, 1.54) is 12.1 Å². The molecule has 0 amide bonds. The Morgan fingerprint density at radius 3 is 2.60 bits per heavy atom. The maximum atomic E-state index is 12.6. The summed E-state index contributed by atoms with van der Waals surface area (Å²) in [5.41, 5.74) is 6.40. The van der Waals surface area contributed by atoms with Gasteiger partial charge in [0, 0.05) is 0 Å². The number of aliphatic carboxylic acids is 1. The second-order valence-electron chi connectivity index (χ2n) is 3.07. The molecular formula is C10H12FNO3. The summed E-state index contributed by atoms with van der Waals surface area (Å²) in [6, 6.07) is 5.25. The Bertz CT molecular complexity index is 326. The van der Waals surface area contributed by atoms with Crippen molar-refractivity contribution in [2.75, 3.05) is 13.2 Å². The molecular weight excluding hydrogens is 201 g/mol. The van der Waals surface area contributed by atoms with E-state index in [-0.39, 0.29) is 19.0 Å². The van der Waals surface area contributed by atoms with Crippen molar-refractivity contribution in [3.63, 3.8) is 0 Å². The number of nitrogens with two attached hydrogens (primary N) is 1. The number of carboxylic acid groups (broad SMARTS) is 1. The maximum Gasteiger partial charge on any atom is 0.329 e. The van der Waals surface area contributed by atoms with Crippen molar-refractivity contribution >= 4 is 5.97 Å². The smallest absolute Gasteiger partial charge is 0.329 e. The summed E-state index contributed by atoms with van der Waals surface area (Å²) in [4.78, 5) is 10.1. The Labute approximate surface area is 86.5 Å². The molecule has 1 aromatic carbocycles. The third-order valence-corrected chi connectivity index (χ3v) is 1.82. The number of hydrogen-bond donors (Lipinski definition) is 2. The highest BCUT2D eigenvalue weighted by atomic mass is 19.1. The number of carboxylic acids is 1. The zero-order valence-corrected chi connectivity index (χ0v) is 8.02. The van der Waals surface area contributed by atoms with E-state index in [2.05, 4.69) is 0 Å². The summed E-state index contributed by atoms with van der Waals surface area (Å²) >= 11 is 0. The molecule has 0 heterocycles. The average Bonchev–Trinajstić information content (AvgIpc) is 2.18. The van der Waals surface area contributed by atoms with Crippen LogP contribution in [0.15, 0.2) is 24.3 Å². The van der Waals surface area contributed by atoms with Crippen LogP contribution in [-0.2, 0) is 9.53 Å². The first-order valence-electron chi connectivity index (χ1n) is 4.40. The normalized spacial score (nSPS) is 12.4. The van der Waals surface area contributed by atoms with Crippen LogP contribution in [0.3, 0.4) is 0 Å². The quantitative estimate of drug-likeness (QED) is 0.763. The third kappa shape index (κ3) is 4.05. The minimum Gasteiger partial charge on any atom is -0.480 e. The van der Waals surface area contributed by atoms with Gasteiger partial charge in [0.05, 0.1) is 12.6 Å². The SMILES string of the molecule is NC(COCC(=O)O)c1ccc(F)cc1. The molecule has 0 spiro atoms.